The topological polar surface area (TPSA) is 41.1 Å². The Hall–Kier alpha value is -1.07. The zero-order valence-corrected chi connectivity index (χ0v) is 14.7. The summed E-state index contributed by atoms with van der Waals surface area (Å²) in [6.07, 6.45) is -0.546. The third-order valence-electron chi connectivity index (χ3n) is 2.99. The molecule has 2 rings (SSSR count). The van der Waals surface area contributed by atoms with E-state index in [0.29, 0.717) is 12.1 Å². The molecule has 2 aromatic rings. The Morgan fingerprint density at radius 2 is 1.82 bits per heavy atom. The Morgan fingerprint density at radius 1 is 1.09 bits per heavy atom. The number of nitrogens with one attached hydrogen (secondary N) is 2. The first-order valence-corrected chi connectivity index (χ1v) is 8.35. The minimum absolute atomic E-state index is 0.238. The highest BCUT2D eigenvalue weighted by molar-refractivity contribution is 9.10. The number of hydrogen-bond donors (Lipinski definition) is 2. The second-order valence-corrected chi connectivity index (χ2v) is 6.74. The van der Waals surface area contributed by atoms with Crippen molar-refractivity contribution in [2.24, 2.45) is 0 Å². The van der Waals surface area contributed by atoms with Crippen molar-refractivity contribution in [3.63, 3.8) is 0 Å². The zero-order chi connectivity index (χ0) is 15.9. The Morgan fingerprint density at radius 3 is 2.45 bits per heavy atom. The molecule has 0 fully saturated rings. The highest BCUT2D eigenvalue weighted by Crippen LogP contribution is 2.13. The molecule has 0 radical (unpaired) electrons. The number of hydrogen-bond acceptors (Lipinski definition) is 2. The van der Waals surface area contributed by atoms with Gasteiger partial charge < -0.3 is 5.32 Å². The molecule has 0 aliphatic carbocycles. The molecule has 0 saturated heterocycles. The van der Waals surface area contributed by atoms with Crippen molar-refractivity contribution in [3.05, 3.63) is 70.2 Å². The summed E-state index contributed by atoms with van der Waals surface area (Å²) in [7, 11) is 0. The molecule has 0 bridgehead atoms. The van der Waals surface area contributed by atoms with Gasteiger partial charge in [0.15, 0.2) is 0 Å². The Labute approximate surface area is 148 Å². The number of carbonyl (C=O) groups is 1. The third-order valence-corrected chi connectivity index (χ3v) is 3.99. The predicted octanol–water partition coefficient (Wildman–Crippen LogP) is 4.10. The first kappa shape index (κ1) is 17.3. The monoisotopic (exact) mass is 400 g/mol. The second-order valence-electron chi connectivity index (χ2n) is 4.66. The van der Waals surface area contributed by atoms with E-state index >= 15 is 0 Å². The van der Waals surface area contributed by atoms with Gasteiger partial charge in [-0.1, -0.05) is 52.3 Å². The Bertz CT molecular complexity index is 623. The van der Waals surface area contributed by atoms with E-state index in [2.05, 4.69) is 26.6 Å². The lowest BCUT2D eigenvalue weighted by molar-refractivity contribution is 0.0931. The summed E-state index contributed by atoms with van der Waals surface area (Å²) >= 11 is 15.2. The third kappa shape index (κ3) is 5.29. The minimum atomic E-state index is -0.764. The SMILES string of the molecule is O=C(NC(NCc1ccccc1)C(Cl)Cl)c1cccc(Br)c1. The van der Waals surface area contributed by atoms with E-state index in [1.54, 1.807) is 18.2 Å². The van der Waals surface area contributed by atoms with Gasteiger partial charge in [0.25, 0.3) is 5.91 Å². The van der Waals surface area contributed by atoms with Crippen LogP contribution in [0.3, 0.4) is 0 Å². The van der Waals surface area contributed by atoms with Gasteiger partial charge in [-0.15, -0.1) is 23.2 Å². The van der Waals surface area contributed by atoms with E-state index in [0.717, 1.165) is 10.0 Å². The maximum atomic E-state index is 12.2. The lowest BCUT2D eigenvalue weighted by Gasteiger charge is -2.21. The van der Waals surface area contributed by atoms with Gasteiger partial charge in [-0.25, -0.2) is 0 Å². The van der Waals surface area contributed by atoms with Crippen LogP contribution in [0.4, 0.5) is 0 Å². The van der Waals surface area contributed by atoms with Gasteiger partial charge in [0.05, 0.1) is 0 Å². The molecule has 0 aliphatic rings. The smallest absolute Gasteiger partial charge is 0.252 e. The molecule has 6 heteroatoms. The molecule has 1 amide bonds. The molecular formula is C16H15BrCl2N2O. The molecule has 1 atom stereocenters. The van der Waals surface area contributed by atoms with Crippen molar-refractivity contribution in [2.45, 2.75) is 17.5 Å². The van der Waals surface area contributed by atoms with E-state index < -0.39 is 11.0 Å². The van der Waals surface area contributed by atoms with Crippen LogP contribution in [0.5, 0.6) is 0 Å². The maximum Gasteiger partial charge on any atom is 0.252 e. The normalized spacial score (nSPS) is 12.2. The molecule has 22 heavy (non-hydrogen) atoms. The van der Waals surface area contributed by atoms with E-state index in [4.69, 9.17) is 23.2 Å². The van der Waals surface area contributed by atoms with Crippen LogP contribution in [-0.2, 0) is 6.54 Å². The first-order valence-electron chi connectivity index (χ1n) is 6.68. The Kier molecular flexibility index (Phi) is 6.70. The maximum absolute atomic E-state index is 12.2. The van der Waals surface area contributed by atoms with Crippen LogP contribution in [-0.4, -0.2) is 16.9 Å². The van der Waals surface area contributed by atoms with Gasteiger partial charge in [-0.3, -0.25) is 10.1 Å². The molecule has 0 spiro atoms. The van der Waals surface area contributed by atoms with Gasteiger partial charge >= 0.3 is 0 Å². The van der Waals surface area contributed by atoms with Crippen molar-refractivity contribution >= 4 is 45.0 Å². The molecule has 2 N–H and O–H groups in total. The molecule has 116 valence electrons. The molecule has 1 unspecified atom stereocenters. The van der Waals surface area contributed by atoms with Crippen LogP contribution in [0.1, 0.15) is 15.9 Å². The summed E-state index contributed by atoms with van der Waals surface area (Å²) in [5, 5.41) is 5.94. The number of amides is 1. The second kappa shape index (κ2) is 8.53. The fraction of sp³-hybridized carbons (Fsp3) is 0.188. The summed E-state index contributed by atoms with van der Waals surface area (Å²) in [5.41, 5.74) is 1.62. The number of alkyl halides is 2. The van der Waals surface area contributed by atoms with E-state index in [-0.39, 0.29) is 5.91 Å². The van der Waals surface area contributed by atoms with Crippen molar-refractivity contribution in [2.75, 3.05) is 0 Å². The van der Waals surface area contributed by atoms with Crippen molar-refractivity contribution in [3.8, 4) is 0 Å². The summed E-state index contributed by atoms with van der Waals surface area (Å²) in [6.45, 7) is 0.556. The zero-order valence-electron chi connectivity index (χ0n) is 11.6. The van der Waals surface area contributed by atoms with E-state index in [1.165, 1.54) is 0 Å². The van der Waals surface area contributed by atoms with Crippen LogP contribution in [0.2, 0.25) is 0 Å². The summed E-state index contributed by atoms with van der Waals surface area (Å²) < 4.78 is 0.835. The van der Waals surface area contributed by atoms with Crippen molar-refractivity contribution in [1.82, 2.24) is 10.6 Å². The van der Waals surface area contributed by atoms with Crippen LogP contribution in [0, 0.1) is 0 Å². The summed E-state index contributed by atoms with van der Waals surface area (Å²) in [4.78, 5) is 11.5. The summed E-state index contributed by atoms with van der Waals surface area (Å²) in [5.74, 6) is -0.238. The number of rotatable bonds is 6. The lowest BCUT2D eigenvalue weighted by atomic mass is 10.2. The number of halogens is 3. The Balaban J connectivity index is 1.98. The minimum Gasteiger partial charge on any atom is -0.334 e. The van der Waals surface area contributed by atoms with Gasteiger partial charge in [-0.2, -0.15) is 0 Å². The molecular weight excluding hydrogens is 387 g/mol. The highest BCUT2D eigenvalue weighted by Gasteiger charge is 2.19. The molecule has 3 nitrogen and oxygen atoms in total. The molecule has 0 heterocycles. The molecule has 2 aromatic carbocycles. The van der Waals surface area contributed by atoms with E-state index in [9.17, 15) is 4.79 Å². The molecule has 0 aromatic heterocycles. The summed E-state index contributed by atoms with van der Waals surface area (Å²) in [6, 6.07) is 16.9. The van der Waals surface area contributed by atoms with Gasteiger partial charge in [0, 0.05) is 16.6 Å². The van der Waals surface area contributed by atoms with Crippen molar-refractivity contribution < 1.29 is 4.79 Å². The molecule has 0 aliphatic heterocycles. The molecule has 0 saturated carbocycles. The fourth-order valence-electron chi connectivity index (χ4n) is 1.88. The largest absolute Gasteiger partial charge is 0.334 e. The average molecular weight is 402 g/mol. The van der Waals surface area contributed by atoms with Crippen LogP contribution >= 0.6 is 39.1 Å². The average Bonchev–Trinajstić information content (AvgIpc) is 2.52. The number of benzene rings is 2. The fourth-order valence-corrected chi connectivity index (χ4v) is 2.58. The van der Waals surface area contributed by atoms with Gasteiger partial charge in [0.1, 0.15) is 11.0 Å². The van der Waals surface area contributed by atoms with Crippen LogP contribution < -0.4 is 10.6 Å². The van der Waals surface area contributed by atoms with Crippen LogP contribution in [0.15, 0.2) is 59.1 Å². The predicted molar refractivity (Wildman–Crippen MR) is 94.2 cm³/mol. The van der Waals surface area contributed by atoms with Crippen LogP contribution in [0.25, 0.3) is 0 Å². The quantitative estimate of drug-likeness (QED) is 0.565. The lowest BCUT2D eigenvalue weighted by Crippen LogP contribution is -2.49. The van der Waals surface area contributed by atoms with Crippen molar-refractivity contribution in [1.29, 1.82) is 0 Å². The first-order chi connectivity index (χ1) is 10.6. The van der Waals surface area contributed by atoms with Gasteiger partial charge in [-0.05, 0) is 23.8 Å². The van der Waals surface area contributed by atoms with Gasteiger partial charge in [0.2, 0.25) is 0 Å². The highest BCUT2D eigenvalue weighted by atomic mass is 79.9. The standard InChI is InChI=1S/C16H15BrCl2N2O/c17-13-8-4-7-12(9-13)16(22)21-15(14(18)19)20-10-11-5-2-1-3-6-11/h1-9,14-15,20H,10H2,(H,21,22). The number of carbonyl (C=O) groups excluding carboxylic acids is 1. The van der Waals surface area contributed by atoms with E-state index in [1.807, 2.05) is 36.4 Å².